The minimum Gasteiger partial charge on any atom is -0.333 e. The first-order valence-corrected chi connectivity index (χ1v) is 7.15. The molecule has 1 heterocycles. The molecular weight excluding hydrogens is 218 g/mol. The van der Waals surface area contributed by atoms with E-state index in [0.29, 0.717) is 12.1 Å². The molecule has 2 aliphatic carbocycles. The molecule has 1 aromatic heterocycles. The molecule has 0 bridgehead atoms. The summed E-state index contributed by atoms with van der Waals surface area (Å²) in [5.41, 5.74) is 0.892. The van der Waals surface area contributed by atoms with Gasteiger partial charge in [-0.2, -0.15) is 11.3 Å². The van der Waals surface area contributed by atoms with E-state index in [2.05, 4.69) is 4.90 Å². The van der Waals surface area contributed by atoms with E-state index in [-0.39, 0.29) is 5.91 Å². The Morgan fingerprint density at radius 3 is 2.44 bits per heavy atom. The van der Waals surface area contributed by atoms with Crippen LogP contribution in [0.3, 0.4) is 0 Å². The van der Waals surface area contributed by atoms with Gasteiger partial charge in [0.05, 0.1) is 5.56 Å². The van der Waals surface area contributed by atoms with E-state index in [9.17, 15) is 4.79 Å². The smallest absolute Gasteiger partial charge is 0.255 e. The normalized spacial score (nSPS) is 21.2. The first-order chi connectivity index (χ1) is 7.86. The van der Waals surface area contributed by atoms with Gasteiger partial charge >= 0.3 is 0 Å². The van der Waals surface area contributed by atoms with Gasteiger partial charge < -0.3 is 4.90 Å². The van der Waals surface area contributed by atoms with Crippen LogP contribution in [-0.4, -0.2) is 22.9 Å². The van der Waals surface area contributed by atoms with E-state index < -0.39 is 0 Å². The molecule has 0 unspecified atom stereocenters. The van der Waals surface area contributed by atoms with Gasteiger partial charge in [0.1, 0.15) is 0 Å². The molecule has 2 nitrogen and oxygen atoms in total. The molecule has 1 amide bonds. The molecule has 0 spiro atoms. The van der Waals surface area contributed by atoms with Crippen molar-refractivity contribution in [2.75, 3.05) is 0 Å². The quantitative estimate of drug-likeness (QED) is 0.787. The van der Waals surface area contributed by atoms with Crippen LogP contribution in [0, 0.1) is 0 Å². The molecule has 86 valence electrons. The third-order valence-corrected chi connectivity index (χ3v) is 4.34. The highest BCUT2D eigenvalue weighted by molar-refractivity contribution is 7.08. The fourth-order valence-corrected chi connectivity index (χ4v) is 3.33. The summed E-state index contributed by atoms with van der Waals surface area (Å²) in [5, 5.41) is 3.97. The monoisotopic (exact) mass is 235 g/mol. The van der Waals surface area contributed by atoms with Crippen LogP contribution in [0.1, 0.15) is 48.9 Å². The van der Waals surface area contributed by atoms with Crippen LogP contribution in [0.25, 0.3) is 0 Å². The van der Waals surface area contributed by atoms with Crippen LogP contribution in [0.5, 0.6) is 0 Å². The van der Waals surface area contributed by atoms with Gasteiger partial charge in [0.15, 0.2) is 0 Å². The molecule has 1 aromatic rings. The summed E-state index contributed by atoms with van der Waals surface area (Å²) in [4.78, 5) is 14.6. The van der Waals surface area contributed by atoms with Gasteiger partial charge in [-0.25, -0.2) is 0 Å². The molecule has 2 saturated carbocycles. The highest BCUT2D eigenvalue weighted by atomic mass is 32.1. The highest BCUT2D eigenvalue weighted by Crippen LogP contribution is 2.35. The molecule has 3 rings (SSSR count). The van der Waals surface area contributed by atoms with E-state index in [0.717, 1.165) is 5.56 Å². The second kappa shape index (κ2) is 4.21. The third-order valence-electron chi connectivity index (χ3n) is 3.66. The standard InChI is InChI=1S/C13H17NOS/c15-13(10-7-8-16-9-10)14(12-5-6-12)11-3-1-2-4-11/h7-9,11-12H,1-6H2. The first-order valence-electron chi connectivity index (χ1n) is 6.21. The molecule has 2 aliphatic rings. The van der Waals surface area contributed by atoms with Crippen molar-refractivity contribution in [3.05, 3.63) is 22.4 Å². The predicted molar refractivity (Wildman–Crippen MR) is 65.8 cm³/mol. The Bertz CT molecular complexity index is 363. The van der Waals surface area contributed by atoms with Crippen LogP contribution in [0.4, 0.5) is 0 Å². The summed E-state index contributed by atoms with van der Waals surface area (Å²) in [6.07, 6.45) is 7.45. The molecule has 0 aliphatic heterocycles. The highest BCUT2D eigenvalue weighted by Gasteiger charge is 2.38. The Morgan fingerprint density at radius 1 is 1.19 bits per heavy atom. The number of thiophene rings is 1. The maximum absolute atomic E-state index is 12.4. The largest absolute Gasteiger partial charge is 0.333 e. The Hall–Kier alpha value is -0.830. The van der Waals surface area contributed by atoms with E-state index in [1.807, 2.05) is 16.8 Å². The van der Waals surface area contributed by atoms with Gasteiger partial charge in [0, 0.05) is 17.5 Å². The fraction of sp³-hybridized carbons (Fsp3) is 0.615. The summed E-state index contributed by atoms with van der Waals surface area (Å²) in [7, 11) is 0. The van der Waals surface area contributed by atoms with Crippen LogP contribution < -0.4 is 0 Å². The van der Waals surface area contributed by atoms with Crippen LogP contribution >= 0.6 is 11.3 Å². The fourth-order valence-electron chi connectivity index (χ4n) is 2.70. The van der Waals surface area contributed by atoms with Crippen LogP contribution in [-0.2, 0) is 0 Å². The maximum atomic E-state index is 12.4. The van der Waals surface area contributed by atoms with Crippen molar-refractivity contribution >= 4 is 17.2 Å². The lowest BCUT2D eigenvalue weighted by Crippen LogP contribution is -2.40. The first kappa shape index (κ1) is 10.3. The zero-order valence-corrected chi connectivity index (χ0v) is 10.2. The molecule has 2 fully saturated rings. The van der Waals surface area contributed by atoms with Crippen molar-refractivity contribution in [1.29, 1.82) is 0 Å². The van der Waals surface area contributed by atoms with Crippen molar-refractivity contribution in [2.45, 2.75) is 50.6 Å². The SMILES string of the molecule is O=C(c1ccsc1)N(C1CCCC1)C1CC1. The summed E-state index contributed by atoms with van der Waals surface area (Å²) in [5.74, 6) is 0.274. The van der Waals surface area contributed by atoms with E-state index in [4.69, 9.17) is 0 Å². The van der Waals surface area contributed by atoms with Gasteiger partial charge in [0.25, 0.3) is 5.91 Å². The molecular formula is C13H17NOS. The van der Waals surface area contributed by atoms with E-state index in [1.165, 1.54) is 38.5 Å². The van der Waals surface area contributed by atoms with Gasteiger partial charge in [-0.1, -0.05) is 12.8 Å². The number of carbonyl (C=O) groups excluding carboxylic acids is 1. The number of hydrogen-bond donors (Lipinski definition) is 0. The number of amides is 1. The predicted octanol–water partition coefficient (Wildman–Crippen LogP) is 3.30. The number of nitrogens with zero attached hydrogens (tertiary/aromatic N) is 1. The van der Waals surface area contributed by atoms with E-state index in [1.54, 1.807) is 11.3 Å². The minimum atomic E-state index is 0.274. The average Bonchev–Trinajstić information content (AvgIpc) is 2.83. The molecule has 16 heavy (non-hydrogen) atoms. The minimum absolute atomic E-state index is 0.274. The molecule has 0 atom stereocenters. The third kappa shape index (κ3) is 1.88. The summed E-state index contributed by atoms with van der Waals surface area (Å²) < 4.78 is 0. The lowest BCUT2D eigenvalue weighted by molar-refractivity contribution is 0.0665. The van der Waals surface area contributed by atoms with Crippen molar-refractivity contribution in [2.24, 2.45) is 0 Å². The van der Waals surface area contributed by atoms with Crippen molar-refractivity contribution in [3.8, 4) is 0 Å². The molecule has 0 N–H and O–H groups in total. The Kier molecular flexibility index (Phi) is 2.72. The Morgan fingerprint density at radius 2 is 1.88 bits per heavy atom. The average molecular weight is 235 g/mol. The lowest BCUT2D eigenvalue weighted by atomic mass is 10.1. The van der Waals surface area contributed by atoms with Crippen LogP contribution in [0.2, 0.25) is 0 Å². The number of rotatable bonds is 3. The molecule has 0 aromatic carbocycles. The Balaban J connectivity index is 1.79. The van der Waals surface area contributed by atoms with Gasteiger partial charge in [-0.05, 0) is 37.1 Å². The van der Waals surface area contributed by atoms with Crippen LogP contribution in [0.15, 0.2) is 16.8 Å². The van der Waals surface area contributed by atoms with Crippen molar-refractivity contribution < 1.29 is 4.79 Å². The number of hydrogen-bond acceptors (Lipinski definition) is 2. The molecule has 0 radical (unpaired) electrons. The second-order valence-electron chi connectivity index (χ2n) is 4.89. The van der Waals surface area contributed by atoms with Crippen molar-refractivity contribution in [1.82, 2.24) is 4.90 Å². The topological polar surface area (TPSA) is 20.3 Å². The molecule has 0 saturated heterocycles. The second-order valence-corrected chi connectivity index (χ2v) is 5.67. The summed E-state index contributed by atoms with van der Waals surface area (Å²) in [6.45, 7) is 0. The van der Waals surface area contributed by atoms with Crippen molar-refractivity contribution in [3.63, 3.8) is 0 Å². The van der Waals surface area contributed by atoms with Gasteiger partial charge in [-0.15, -0.1) is 0 Å². The summed E-state index contributed by atoms with van der Waals surface area (Å²) >= 11 is 1.61. The van der Waals surface area contributed by atoms with Gasteiger partial charge in [0.2, 0.25) is 0 Å². The zero-order valence-electron chi connectivity index (χ0n) is 9.39. The molecule has 3 heteroatoms. The van der Waals surface area contributed by atoms with E-state index >= 15 is 0 Å². The number of carbonyl (C=O) groups is 1. The van der Waals surface area contributed by atoms with Gasteiger partial charge in [-0.3, -0.25) is 4.79 Å². The Labute approximate surface area is 100 Å². The maximum Gasteiger partial charge on any atom is 0.255 e. The zero-order chi connectivity index (χ0) is 11.0. The summed E-state index contributed by atoms with van der Waals surface area (Å²) in [6, 6.07) is 3.03. The lowest BCUT2D eigenvalue weighted by Gasteiger charge is -2.28.